The van der Waals surface area contributed by atoms with Crippen LogP contribution in [0.4, 0.5) is 0 Å². The second-order valence-electron chi connectivity index (χ2n) is 4.32. The maximum absolute atomic E-state index is 12.1. The van der Waals surface area contributed by atoms with E-state index in [-0.39, 0.29) is 5.91 Å². The number of oxime groups is 1. The molecule has 0 aliphatic heterocycles. The molecular formula is C15H15N3O2. The molecule has 2 N–H and O–H groups in total. The van der Waals surface area contributed by atoms with E-state index in [1.807, 2.05) is 25.1 Å². The molecule has 5 nitrogen and oxygen atoms in total. The average Bonchev–Trinajstić information content (AvgIpc) is 2.46. The highest BCUT2D eigenvalue weighted by atomic mass is 16.4. The molecule has 1 amide bonds. The fourth-order valence-corrected chi connectivity index (χ4v) is 1.86. The number of aromatic nitrogens is 1. The maximum Gasteiger partial charge on any atom is 0.251 e. The number of carbonyl (C=O) groups is 1. The molecule has 1 aromatic carbocycles. The van der Waals surface area contributed by atoms with Crippen LogP contribution in [-0.2, 0) is 6.54 Å². The molecule has 20 heavy (non-hydrogen) atoms. The van der Waals surface area contributed by atoms with Crippen LogP contribution < -0.4 is 5.32 Å². The monoisotopic (exact) mass is 269 g/mol. The van der Waals surface area contributed by atoms with E-state index in [1.165, 1.54) is 6.21 Å². The predicted molar refractivity (Wildman–Crippen MR) is 76.0 cm³/mol. The maximum atomic E-state index is 12.1. The van der Waals surface area contributed by atoms with E-state index < -0.39 is 0 Å². The molecule has 0 spiro atoms. The van der Waals surface area contributed by atoms with Crippen LogP contribution in [0, 0.1) is 6.92 Å². The van der Waals surface area contributed by atoms with Crippen LogP contribution in [0.15, 0.2) is 47.8 Å². The minimum Gasteiger partial charge on any atom is -0.411 e. The second-order valence-corrected chi connectivity index (χ2v) is 4.32. The number of benzene rings is 1. The first-order chi connectivity index (χ1) is 9.70. The van der Waals surface area contributed by atoms with Gasteiger partial charge in [0, 0.05) is 11.8 Å². The number of hydrogen-bond acceptors (Lipinski definition) is 4. The number of nitrogens with zero attached hydrogens (tertiary/aromatic N) is 2. The van der Waals surface area contributed by atoms with E-state index in [0.29, 0.717) is 12.1 Å². The van der Waals surface area contributed by atoms with Crippen molar-refractivity contribution in [3.8, 4) is 0 Å². The highest BCUT2D eigenvalue weighted by Crippen LogP contribution is 2.10. The van der Waals surface area contributed by atoms with Crippen molar-refractivity contribution in [2.75, 3.05) is 0 Å². The Hall–Kier alpha value is -2.69. The molecule has 0 fully saturated rings. The van der Waals surface area contributed by atoms with Gasteiger partial charge in [0.05, 0.1) is 18.5 Å². The van der Waals surface area contributed by atoms with E-state index in [1.54, 1.807) is 24.4 Å². The number of hydrogen-bond donors (Lipinski definition) is 2. The minimum atomic E-state index is -0.152. The molecule has 0 bridgehead atoms. The molecule has 0 aliphatic carbocycles. The van der Waals surface area contributed by atoms with Gasteiger partial charge in [-0.05, 0) is 42.3 Å². The fraction of sp³-hybridized carbons (Fsp3) is 0.133. The van der Waals surface area contributed by atoms with Crippen LogP contribution in [0.25, 0.3) is 0 Å². The highest BCUT2D eigenvalue weighted by Gasteiger charge is 2.09. The summed E-state index contributed by atoms with van der Waals surface area (Å²) in [5.74, 6) is -0.152. The number of nitrogens with one attached hydrogen (secondary N) is 1. The van der Waals surface area contributed by atoms with Crippen molar-refractivity contribution in [3.63, 3.8) is 0 Å². The molecule has 0 atom stereocenters. The van der Waals surface area contributed by atoms with Crippen molar-refractivity contribution in [2.45, 2.75) is 13.5 Å². The Balaban J connectivity index is 2.06. The van der Waals surface area contributed by atoms with Crippen molar-refractivity contribution < 1.29 is 10.0 Å². The molecule has 102 valence electrons. The Kier molecular flexibility index (Phi) is 4.44. The van der Waals surface area contributed by atoms with Gasteiger partial charge in [-0.3, -0.25) is 9.78 Å². The lowest BCUT2D eigenvalue weighted by Gasteiger charge is -2.08. The summed E-state index contributed by atoms with van der Waals surface area (Å²) in [5, 5.41) is 14.3. The van der Waals surface area contributed by atoms with Crippen LogP contribution >= 0.6 is 0 Å². The first-order valence-electron chi connectivity index (χ1n) is 6.17. The van der Waals surface area contributed by atoms with E-state index in [9.17, 15) is 4.79 Å². The molecular weight excluding hydrogens is 254 g/mol. The van der Waals surface area contributed by atoms with Gasteiger partial charge in [0.25, 0.3) is 5.91 Å². The molecule has 1 aromatic heterocycles. The van der Waals surface area contributed by atoms with Gasteiger partial charge in [0.15, 0.2) is 0 Å². The van der Waals surface area contributed by atoms with Gasteiger partial charge < -0.3 is 10.5 Å². The fourth-order valence-electron chi connectivity index (χ4n) is 1.86. The summed E-state index contributed by atoms with van der Waals surface area (Å²) in [7, 11) is 0. The molecule has 0 saturated heterocycles. The van der Waals surface area contributed by atoms with Gasteiger partial charge in [0.2, 0.25) is 0 Å². The molecule has 1 heterocycles. The van der Waals surface area contributed by atoms with Crippen molar-refractivity contribution in [2.24, 2.45) is 5.16 Å². The molecule has 2 aromatic rings. The SMILES string of the molecule is Cc1cc(/C=N\O)ccc1C(=O)NCc1ccccn1. The van der Waals surface area contributed by atoms with Crippen LogP contribution in [0.3, 0.4) is 0 Å². The van der Waals surface area contributed by atoms with Gasteiger partial charge in [-0.25, -0.2) is 0 Å². The molecule has 0 aliphatic rings. The smallest absolute Gasteiger partial charge is 0.251 e. The van der Waals surface area contributed by atoms with Crippen molar-refractivity contribution in [1.82, 2.24) is 10.3 Å². The second kappa shape index (κ2) is 6.47. The summed E-state index contributed by atoms with van der Waals surface area (Å²) in [5.41, 5.74) is 2.96. The van der Waals surface area contributed by atoms with Gasteiger partial charge in [0.1, 0.15) is 0 Å². The number of pyridine rings is 1. The van der Waals surface area contributed by atoms with Crippen LogP contribution in [0.2, 0.25) is 0 Å². The van der Waals surface area contributed by atoms with Crippen molar-refractivity contribution in [3.05, 3.63) is 65.0 Å². The largest absolute Gasteiger partial charge is 0.411 e. The van der Waals surface area contributed by atoms with E-state index >= 15 is 0 Å². The third-order valence-electron chi connectivity index (χ3n) is 2.86. The lowest BCUT2D eigenvalue weighted by atomic mass is 10.0. The molecule has 0 unspecified atom stereocenters. The third kappa shape index (κ3) is 3.41. The Bertz CT molecular complexity index is 624. The summed E-state index contributed by atoms with van der Waals surface area (Å²) < 4.78 is 0. The molecule has 5 heteroatoms. The number of amides is 1. The number of rotatable bonds is 4. The normalized spacial score (nSPS) is 10.7. The lowest BCUT2D eigenvalue weighted by molar-refractivity contribution is 0.0950. The van der Waals surface area contributed by atoms with Crippen LogP contribution in [0.5, 0.6) is 0 Å². The Morgan fingerprint density at radius 2 is 2.25 bits per heavy atom. The van der Waals surface area contributed by atoms with Gasteiger partial charge >= 0.3 is 0 Å². The zero-order valence-electron chi connectivity index (χ0n) is 11.1. The summed E-state index contributed by atoms with van der Waals surface area (Å²) in [4.78, 5) is 16.2. The van der Waals surface area contributed by atoms with Gasteiger partial charge in [-0.1, -0.05) is 17.3 Å². The average molecular weight is 269 g/mol. The zero-order chi connectivity index (χ0) is 14.4. The van der Waals surface area contributed by atoms with E-state index in [0.717, 1.165) is 16.8 Å². The summed E-state index contributed by atoms with van der Waals surface area (Å²) in [6.45, 7) is 2.23. The Morgan fingerprint density at radius 1 is 1.40 bits per heavy atom. The first-order valence-corrected chi connectivity index (χ1v) is 6.17. The Labute approximate surface area is 117 Å². The quantitative estimate of drug-likeness (QED) is 0.507. The minimum absolute atomic E-state index is 0.152. The number of carbonyl (C=O) groups excluding carboxylic acids is 1. The zero-order valence-corrected chi connectivity index (χ0v) is 11.1. The first kappa shape index (κ1) is 13.7. The Morgan fingerprint density at radius 3 is 2.90 bits per heavy atom. The highest BCUT2D eigenvalue weighted by molar-refractivity contribution is 5.96. The molecule has 0 saturated carbocycles. The summed E-state index contributed by atoms with van der Waals surface area (Å²) in [6.07, 6.45) is 3.01. The van der Waals surface area contributed by atoms with Crippen molar-refractivity contribution in [1.29, 1.82) is 0 Å². The topological polar surface area (TPSA) is 74.6 Å². The lowest BCUT2D eigenvalue weighted by Crippen LogP contribution is -2.24. The molecule has 2 rings (SSSR count). The summed E-state index contributed by atoms with van der Waals surface area (Å²) >= 11 is 0. The van der Waals surface area contributed by atoms with Crippen molar-refractivity contribution >= 4 is 12.1 Å². The summed E-state index contributed by atoms with van der Waals surface area (Å²) in [6, 6.07) is 10.8. The van der Waals surface area contributed by atoms with Gasteiger partial charge in [-0.15, -0.1) is 0 Å². The van der Waals surface area contributed by atoms with Crippen LogP contribution in [-0.4, -0.2) is 22.3 Å². The van der Waals surface area contributed by atoms with E-state index in [2.05, 4.69) is 15.5 Å². The van der Waals surface area contributed by atoms with Gasteiger partial charge in [-0.2, -0.15) is 0 Å². The third-order valence-corrected chi connectivity index (χ3v) is 2.86. The molecule has 0 radical (unpaired) electrons. The predicted octanol–water partition coefficient (Wildman–Crippen LogP) is 2.13. The standard InChI is InChI=1S/C15H15N3O2/c1-11-8-12(9-18-20)5-6-14(11)15(19)17-10-13-4-2-3-7-16-13/h2-9,20H,10H2,1H3,(H,17,19)/b18-9-. The van der Waals surface area contributed by atoms with E-state index in [4.69, 9.17) is 5.21 Å². The van der Waals surface area contributed by atoms with Crippen LogP contribution in [0.1, 0.15) is 27.2 Å². The number of aryl methyl sites for hydroxylation is 1.